The highest BCUT2D eigenvalue weighted by atomic mass is 32.1. The summed E-state index contributed by atoms with van der Waals surface area (Å²) in [6.07, 6.45) is 1.72. The van der Waals surface area contributed by atoms with E-state index in [2.05, 4.69) is 24.1 Å². The molecule has 0 aromatic carbocycles. The molecule has 4 nitrogen and oxygen atoms in total. The summed E-state index contributed by atoms with van der Waals surface area (Å²) >= 11 is 1.65. The second-order valence-electron chi connectivity index (χ2n) is 4.54. The summed E-state index contributed by atoms with van der Waals surface area (Å²) in [6, 6.07) is 0.175. The number of nitrogens with zero attached hydrogens (tertiary/aromatic N) is 1. The highest BCUT2D eigenvalue weighted by molar-refractivity contribution is 7.09. The maximum Gasteiger partial charge on any atom is 0.110 e. The lowest BCUT2D eigenvalue weighted by Crippen LogP contribution is -2.32. The van der Waals surface area contributed by atoms with Crippen LogP contribution in [0.3, 0.4) is 0 Å². The van der Waals surface area contributed by atoms with E-state index in [9.17, 15) is 5.11 Å². The van der Waals surface area contributed by atoms with E-state index in [4.69, 9.17) is 4.74 Å². The van der Waals surface area contributed by atoms with Crippen LogP contribution in [0.15, 0.2) is 5.38 Å². The third-order valence-electron chi connectivity index (χ3n) is 2.62. The molecule has 1 aromatic heterocycles. The minimum absolute atomic E-state index is 0.175. The van der Waals surface area contributed by atoms with Gasteiger partial charge in [0.2, 0.25) is 0 Å². The lowest BCUT2D eigenvalue weighted by molar-refractivity contribution is 0.0348. The Hall–Kier alpha value is -0.490. The van der Waals surface area contributed by atoms with Gasteiger partial charge in [-0.1, -0.05) is 13.3 Å². The van der Waals surface area contributed by atoms with Gasteiger partial charge in [-0.15, -0.1) is 11.3 Å². The number of unbranched alkanes of at least 4 members (excludes halogenated alkanes) is 1. The number of rotatable bonds is 9. The fourth-order valence-corrected chi connectivity index (χ4v) is 2.32. The van der Waals surface area contributed by atoms with E-state index in [1.54, 1.807) is 11.3 Å². The minimum Gasteiger partial charge on any atom is -0.389 e. The fourth-order valence-electron chi connectivity index (χ4n) is 1.50. The van der Waals surface area contributed by atoms with Crippen molar-refractivity contribution < 1.29 is 9.84 Å². The number of nitrogens with one attached hydrogen (secondary N) is 1. The molecule has 0 fully saturated rings. The first-order valence-corrected chi connectivity index (χ1v) is 7.42. The minimum atomic E-state index is -0.453. The van der Waals surface area contributed by atoms with E-state index in [-0.39, 0.29) is 6.04 Å². The van der Waals surface area contributed by atoms with Gasteiger partial charge in [-0.05, 0) is 20.3 Å². The molecule has 0 saturated carbocycles. The van der Waals surface area contributed by atoms with Gasteiger partial charge in [-0.3, -0.25) is 0 Å². The van der Waals surface area contributed by atoms with Crippen LogP contribution in [0.25, 0.3) is 0 Å². The summed E-state index contributed by atoms with van der Waals surface area (Å²) in [5.74, 6) is 0. The molecule has 0 saturated heterocycles. The van der Waals surface area contributed by atoms with E-state index < -0.39 is 6.10 Å². The number of ether oxygens (including phenoxy) is 1. The summed E-state index contributed by atoms with van der Waals surface area (Å²) in [6.45, 7) is 7.84. The van der Waals surface area contributed by atoms with E-state index in [1.165, 1.54) is 0 Å². The third-order valence-corrected chi connectivity index (χ3v) is 3.76. The molecular weight excluding hydrogens is 248 g/mol. The van der Waals surface area contributed by atoms with Gasteiger partial charge in [0.05, 0.1) is 18.8 Å². The van der Waals surface area contributed by atoms with Crippen molar-refractivity contribution in [2.45, 2.75) is 45.8 Å². The summed E-state index contributed by atoms with van der Waals surface area (Å²) < 4.78 is 5.37. The third kappa shape index (κ3) is 5.91. The fraction of sp³-hybridized carbons (Fsp3) is 0.769. The van der Waals surface area contributed by atoms with Crippen LogP contribution in [0, 0.1) is 6.92 Å². The topological polar surface area (TPSA) is 54.4 Å². The highest BCUT2D eigenvalue weighted by Crippen LogP contribution is 2.17. The van der Waals surface area contributed by atoms with Gasteiger partial charge in [0.15, 0.2) is 0 Å². The average molecular weight is 272 g/mol. The van der Waals surface area contributed by atoms with Gasteiger partial charge in [-0.2, -0.15) is 0 Å². The molecule has 0 aliphatic carbocycles. The monoisotopic (exact) mass is 272 g/mol. The standard InChI is InChI=1S/C13H24N2O2S/c1-4-5-6-17-8-12(16)7-14-11(3)13-15-10(2)9-18-13/h9,11-12,14,16H,4-8H2,1-3H3. The Morgan fingerprint density at radius 1 is 1.56 bits per heavy atom. The first-order valence-electron chi connectivity index (χ1n) is 6.54. The Labute approximate surface area is 113 Å². The van der Waals surface area contributed by atoms with Gasteiger partial charge in [-0.25, -0.2) is 4.98 Å². The predicted octanol–water partition coefficient (Wildman–Crippen LogP) is 2.28. The summed E-state index contributed by atoms with van der Waals surface area (Å²) in [5, 5.41) is 16.1. The number of aromatic nitrogens is 1. The Balaban J connectivity index is 2.15. The summed E-state index contributed by atoms with van der Waals surface area (Å²) in [5.41, 5.74) is 1.05. The average Bonchev–Trinajstić information content (AvgIpc) is 2.78. The molecule has 0 bridgehead atoms. The Kier molecular flexibility index (Phi) is 7.42. The van der Waals surface area contributed by atoms with Gasteiger partial charge >= 0.3 is 0 Å². The lowest BCUT2D eigenvalue weighted by atomic mass is 10.3. The molecule has 2 atom stereocenters. The van der Waals surface area contributed by atoms with Crippen LogP contribution in [0.1, 0.15) is 43.4 Å². The van der Waals surface area contributed by atoms with Crippen molar-refractivity contribution >= 4 is 11.3 Å². The quantitative estimate of drug-likeness (QED) is 0.677. The number of hydrogen-bond acceptors (Lipinski definition) is 5. The molecule has 1 rings (SSSR count). The van der Waals surface area contributed by atoms with E-state index in [0.29, 0.717) is 13.2 Å². The van der Waals surface area contributed by atoms with Crippen LogP contribution < -0.4 is 5.32 Å². The molecule has 0 spiro atoms. The zero-order chi connectivity index (χ0) is 13.4. The van der Waals surface area contributed by atoms with Crippen molar-refractivity contribution in [1.82, 2.24) is 10.3 Å². The molecule has 104 valence electrons. The number of aliphatic hydroxyl groups is 1. The van der Waals surface area contributed by atoms with Gasteiger partial charge < -0.3 is 15.2 Å². The second-order valence-corrected chi connectivity index (χ2v) is 5.43. The Morgan fingerprint density at radius 3 is 2.94 bits per heavy atom. The van der Waals surface area contributed by atoms with Crippen LogP contribution in [-0.4, -0.2) is 36.0 Å². The van der Waals surface area contributed by atoms with Crippen molar-refractivity contribution in [3.05, 3.63) is 16.1 Å². The van der Waals surface area contributed by atoms with Crippen molar-refractivity contribution in [3.8, 4) is 0 Å². The zero-order valence-electron chi connectivity index (χ0n) is 11.5. The Morgan fingerprint density at radius 2 is 2.33 bits per heavy atom. The van der Waals surface area contributed by atoms with Crippen LogP contribution in [0.2, 0.25) is 0 Å². The molecule has 0 amide bonds. The lowest BCUT2D eigenvalue weighted by Gasteiger charge is -2.15. The van der Waals surface area contributed by atoms with Crippen molar-refractivity contribution in [1.29, 1.82) is 0 Å². The van der Waals surface area contributed by atoms with E-state index >= 15 is 0 Å². The maximum absolute atomic E-state index is 9.75. The summed E-state index contributed by atoms with van der Waals surface area (Å²) in [4.78, 5) is 4.42. The molecule has 18 heavy (non-hydrogen) atoms. The van der Waals surface area contributed by atoms with Gasteiger partial charge in [0.1, 0.15) is 5.01 Å². The van der Waals surface area contributed by atoms with Crippen LogP contribution in [0.4, 0.5) is 0 Å². The number of aliphatic hydroxyl groups excluding tert-OH is 1. The summed E-state index contributed by atoms with van der Waals surface area (Å²) in [7, 11) is 0. The maximum atomic E-state index is 9.75. The molecule has 1 heterocycles. The van der Waals surface area contributed by atoms with Crippen LogP contribution >= 0.6 is 11.3 Å². The van der Waals surface area contributed by atoms with Crippen molar-refractivity contribution in [3.63, 3.8) is 0 Å². The SMILES string of the molecule is CCCCOCC(O)CNC(C)c1nc(C)cs1. The second kappa shape index (κ2) is 8.58. The molecule has 0 aliphatic rings. The number of thiazole rings is 1. The highest BCUT2D eigenvalue weighted by Gasteiger charge is 2.11. The molecular formula is C13H24N2O2S. The van der Waals surface area contributed by atoms with Gasteiger partial charge in [0, 0.05) is 24.2 Å². The van der Waals surface area contributed by atoms with E-state index in [0.717, 1.165) is 30.2 Å². The van der Waals surface area contributed by atoms with Crippen molar-refractivity contribution in [2.24, 2.45) is 0 Å². The Bertz CT molecular complexity index is 331. The van der Waals surface area contributed by atoms with Crippen LogP contribution in [-0.2, 0) is 4.74 Å². The largest absolute Gasteiger partial charge is 0.389 e. The zero-order valence-corrected chi connectivity index (χ0v) is 12.3. The van der Waals surface area contributed by atoms with E-state index in [1.807, 2.05) is 12.3 Å². The van der Waals surface area contributed by atoms with Crippen LogP contribution in [0.5, 0.6) is 0 Å². The van der Waals surface area contributed by atoms with Crippen molar-refractivity contribution in [2.75, 3.05) is 19.8 Å². The van der Waals surface area contributed by atoms with Gasteiger partial charge in [0.25, 0.3) is 0 Å². The first-order chi connectivity index (χ1) is 8.63. The predicted molar refractivity (Wildman–Crippen MR) is 75.0 cm³/mol. The first kappa shape index (κ1) is 15.6. The molecule has 5 heteroatoms. The molecule has 1 aromatic rings. The normalized spacial score (nSPS) is 14.7. The number of aryl methyl sites for hydroxylation is 1. The number of hydrogen-bond donors (Lipinski definition) is 2. The molecule has 0 radical (unpaired) electrons. The smallest absolute Gasteiger partial charge is 0.110 e. The molecule has 2 N–H and O–H groups in total. The molecule has 2 unspecified atom stereocenters. The molecule has 0 aliphatic heterocycles.